The van der Waals surface area contributed by atoms with Crippen molar-refractivity contribution in [2.45, 2.75) is 24.9 Å². The van der Waals surface area contributed by atoms with Crippen molar-refractivity contribution in [3.05, 3.63) is 47.8 Å². The highest BCUT2D eigenvalue weighted by atomic mass is 32.2. The van der Waals surface area contributed by atoms with Crippen molar-refractivity contribution in [3.8, 4) is 11.4 Å². The fraction of sp³-hybridized carbons (Fsp3) is 0.312. The van der Waals surface area contributed by atoms with Crippen LogP contribution in [0.2, 0.25) is 0 Å². The molecule has 120 valence electrons. The summed E-state index contributed by atoms with van der Waals surface area (Å²) in [6.07, 6.45) is 6.00. The van der Waals surface area contributed by atoms with E-state index >= 15 is 0 Å². The monoisotopic (exact) mass is 328 g/mol. The Bertz CT molecular complexity index is 774. The van der Waals surface area contributed by atoms with Gasteiger partial charge in [-0.3, -0.25) is 4.68 Å². The molecule has 2 aromatic heterocycles. The van der Waals surface area contributed by atoms with E-state index in [0.717, 1.165) is 29.3 Å². The molecule has 0 radical (unpaired) electrons. The Kier molecular flexibility index (Phi) is 4.66. The van der Waals surface area contributed by atoms with Gasteiger partial charge in [-0.05, 0) is 25.3 Å². The van der Waals surface area contributed by atoms with Gasteiger partial charge in [0.05, 0.1) is 6.20 Å². The summed E-state index contributed by atoms with van der Waals surface area (Å²) < 4.78 is 3.40. The second-order valence-electron chi connectivity index (χ2n) is 5.52. The topological polar surface area (TPSA) is 74.5 Å². The Morgan fingerprint density at radius 1 is 1.17 bits per heavy atom. The number of thioether (sulfide) groups is 1. The molecule has 2 heterocycles. The number of aromatic nitrogens is 5. The Hall–Kier alpha value is -2.28. The zero-order chi connectivity index (χ0) is 16.2. The molecular weight excluding hydrogens is 308 g/mol. The number of nitrogens with zero attached hydrogens (tertiary/aromatic N) is 5. The maximum atomic E-state index is 6.13. The summed E-state index contributed by atoms with van der Waals surface area (Å²) in [4.78, 5) is 0. The molecule has 0 aliphatic carbocycles. The van der Waals surface area contributed by atoms with Gasteiger partial charge in [0.2, 0.25) is 5.16 Å². The lowest BCUT2D eigenvalue weighted by molar-refractivity contribution is 0.766. The van der Waals surface area contributed by atoms with Crippen LogP contribution < -0.4 is 5.84 Å². The smallest absolute Gasteiger partial charge is 0.210 e. The first kappa shape index (κ1) is 15.6. The van der Waals surface area contributed by atoms with Gasteiger partial charge in [0.25, 0.3) is 0 Å². The summed E-state index contributed by atoms with van der Waals surface area (Å²) in [7, 11) is 1.93. The summed E-state index contributed by atoms with van der Waals surface area (Å²) in [6.45, 7) is 2.06. The van der Waals surface area contributed by atoms with E-state index in [4.69, 9.17) is 5.84 Å². The van der Waals surface area contributed by atoms with Crippen LogP contribution in [0, 0.1) is 6.92 Å². The van der Waals surface area contributed by atoms with E-state index in [0.29, 0.717) is 5.82 Å². The lowest BCUT2D eigenvalue weighted by Gasteiger charge is -2.04. The van der Waals surface area contributed by atoms with E-state index < -0.39 is 0 Å². The van der Waals surface area contributed by atoms with Gasteiger partial charge < -0.3 is 5.84 Å². The van der Waals surface area contributed by atoms with Crippen molar-refractivity contribution >= 4 is 11.8 Å². The molecule has 7 heteroatoms. The first-order valence-electron chi connectivity index (χ1n) is 7.51. The van der Waals surface area contributed by atoms with Crippen molar-refractivity contribution in [1.29, 1.82) is 0 Å². The molecule has 0 fully saturated rings. The fourth-order valence-corrected chi connectivity index (χ4v) is 3.11. The molecule has 0 bridgehead atoms. The van der Waals surface area contributed by atoms with Crippen molar-refractivity contribution in [2.24, 2.45) is 7.05 Å². The normalized spacial score (nSPS) is 11.0. The molecule has 0 atom stereocenters. The summed E-state index contributed by atoms with van der Waals surface area (Å²) >= 11 is 1.63. The number of rotatable bonds is 6. The lowest BCUT2D eigenvalue weighted by Crippen LogP contribution is -2.11. The summed E-state index contributed by atoms with van der Waals surface area (Å²) in [5.41, 5.74) is 3.44. The van der Waals surface area contributed by atoms with Crippen LogP contribution in [0.1, 0.15) is 17.5 Å². The van der Waals surface area contributed by atoms with Crippen LogP contribution in [0.5, 0.6) is 0 Å². The molecular formula is C16H20N6S. The zero-order valence-electron chi connectivity index (χ0n) is 13.3. The number of hydrogen-bond donors (Lipinski definition) is 1. The van der Waals surface area contributed by atoms with Crippen LogP contribution in [0.4, 0.5) is 0 Å². The van der Waals surface area contributed by atoms with E-state index in [-0.39, 0.29) is 0 Å². The largest absolute Gasteiger partial charge is 0.335 e. The van der Waals surface area contributed by atoms with Crippen LogP contribution in [-0.2, 0) is 13.5 Å². The SMILES string of the molecule is Cc1ccc(-c2nnc(SCCCc3cnn(C)c3)n2N)cc1. The summed E-state index contributed by atoms with van der Waals surface area (Å²) in [5, 5.41) is 13.3. The van der Waals surface area contributed by atoms with Crippen LogP contribution in [-0.4, -0.2) is 30.4 Å². The van der Waals surface area contributed by atoms with E-state index in [1.165, 1.54) is 11.1 Å². The van der Waals surface area contributed by atoms with Crippen LogP contribution in [0.15, 0.2) is 41.8 Å². The first-order valence-corrected chi connectivity index (χ1v) is 8.50. The van der Waals surface area contributed by atoms with Gasteiger partial charge in [0, 0.05) is 24.6 Å². The molecule has 0 spiro atoms. The van der Waals surface area contributed by atoms with E-state index in [9.17, 15) is 0 Å². The van der Waals surface area contributed by atoms with Gasteiger partial charge in [-0.25, -0.2) is 4.68 Å². The average molecular weight is 328 g/mol. The maximum absolute atomic E-state index is 6.13. The maximum Gasteiger partial charge on any atom is 0.210 e. The number of aryl methyl sites for hydroxylation is 3. The third-order valence-corrected chi connectivity index (χ3v) is 4.60. The molecule has 0 saturated heterocycles. The lowest BCUT2D eigenvalue weighted by atomic mass is 10.1. The highest BCUT2D eigenvalue weighted by Gasteiger charge is 2.11. The highest BCUT2D eigenvalue weighted by molar-refractivity contribution is 7.99. The van der Waals surface area contributed by atoms with Crippen molar-refractivity contribution in [1.82, 2.24) is 24.7 Å². The first-order chi connectivity index (χ1) is 11.1. The minimum Gasteiger partial charge on any atom is -0.335 e. The molecule has 3 aromatic rings. The van der Waals surface area contributed by atoms with Gasteiger partial charge >= 0.3 is 0 Å². The minimum absolute atomic E-state index is 0.694. The predicted molar refractivity (Wildman–Crippen MR) is 92.6 cm³/mol. The molecule has 0 amide bonds. The van der Waals surface area contributed by atoms with Gasteiger partial charge in [0.1, 0.15) is 0 Å². The second kappa shape index (κ2) is 6.87. The zero-order valence-corrected chi connectivity index (χ0v) is 14.1. The van der Waals surface area contributed by atoms with Crippen LogP contribution in [0.3, 0.4) is 0 Å². The van der Waals surface area contributed by atoms with Crippen LogP contribution >= 0.6 is 11.8 Å². The Labute approximate surface area is 139 Å². The second-order valence-corrected chi connectivity index (χ2v) is 6.58. The molecule has 23 heavy (non-hydrogen) atoms. The van der Waals surface area contributed by atoms with E-state index in [1.54, 1.807) is 16.4 Å². The molecule has 0 saturated carbocycles. The highest BCUT2D eigenvalue weighted by Crippen LogP contribution is 2.22. The predicted octanol–water partition coefficient (Wildman–Crippen LogP) is 2.43. The quantitative estimate of drug-likeness (QED) is 0.427. The number of hydrogen-bond acceptors (Lipinski definition) is 5. The molecule has 0 aliphatic rings. The van der Waals surface area contributed by atoms with Crippen molar-refractivity contribution in [3.63, 3.8) is 0 Å². The Morgan fingerprint density at radius 3 is 2.65 bits per heavy atom. The molecule has 0 aliphatic heterocycles. The van der Waals surface area contributed by atoms with E-state index in [1.807, 2.05) is 48.4 Å². The standard InChI is InChI=1S/C16H20N6S/c1-12-5-7-14(8-6-12)15-19-20-16(22(15)17)23-9-3-4-13-10-18-21(2)11-13/h5-8,10-11H,3-4,9,17H2,1-2H3. The summed E-state index contributed by atoms with van der Waals surface area (Å²) in [6, 6.07) is 8.12. The molecule has 2 N–H and O–H groups in total. The average Bonchev–Trinajstić information content (AvgIpc) is 3.11. The van der Waals surface area contributed by atoms with Gasteiger partial charge in [0.15, 0.2) is 5.82 Å². The summed E-state index contributed by atoms with van der Waals surface area (Å²) in [5.74, 6) is 7.76. The number of nitrogen functional groups attached to an aromatic ring is 1. The van der Waals surface area contributed by atoms with Gasteiger partial charge in [-0.2, -0.15) is 5.10 Å². The Morgan fingerprint density at radius 2 is 1.96 bits per heavy atom. The third kappa shape index (κ3) is 3.73. The third-order valence-electron chi connectivity index (χ3n) is 3.57. The van der Waals surface area contributed by atoms with Gasteiger partial charge in [-0.15, -0.1) is 10.2 Å². The minimum atomic E-state index is 0.694. The molecule has 0 unspecified atom stereocenters. The van der Waals surface area contributed by atoms with E-state index in [2.05, 4.69) is 22.2 Å². The van der Waals surface area contributed by atoms with Crippen molar-refractivity contribution < 1.29 is 0 Å². The number of benzene rings is 1. The van der Waals surface area contributed by atoms with Gasteiger partial charge in [-0.1, -0.05) is 41.6 Å². The molecule has 3 rings (SSSR count). The Balaban J connectivity index is 1.57. The van der Waals surface area contributed by atoms with Crippen LogP contribution in [0.25, 0.3) is 11.4 Å². The van der Waals surface area contributed by atoms with Crippen molar-refractivity contribution in [2.75, 3.05) is 11.6 Å². The molecule has 6 nitrogen and oxygen atoms in total. The fourth-order valence-electron chi connectivity index (χ4n) is 2.32. The number of nitrogens with two attached hydrogens (primary N) is 1. The molecule has 1 aromatic carbocycles.